The van der Waals surface area contributed by atoms with E-state index < -0.39 is 12.0 Å². The number of amides is 2. The molecule has 182 valence electrons. The van der Waals surface area contributed by atoms with Crippen molar-refractivity contribution in [3.8, 4) is 11.5 Å². The molecule has 0 bridgehead atoms. The van der Waals surface area contributed by atoms with E-state index in [4.69, 9.17) is 14.2 Å². The summed E-state index contributed by atoms with van der Waals surface area (Å²) in [5.74, 6) is 0.257. The number of carbonyl (C=O) groups is 3. The molecule has 1 unspecified atom stereocenters. The molecular weight excluding hydrogens is 436 g/mol. The lowest BCUT2D eigenvalue weighted by atomic mass is 10.1. The molecular formula is C26H32N2O6. The van der Waals surface area contributed by atoms with Gasteiger partial charge in [0.25, 0.3) is 5.91 Å². The van der Waals surface area contributed by atoms with Gasteiger partial charge in [-0.2, -0.15) is 0 Å². The summed E-state index contributed by atoms with van der Waals surface area (Å²) >= 11 is 0. The van der Waals surface area contributed by atoms with Gasteiger partial charge in [0, 0.05) is 18.7 Å². The molecule has 1 N–H and O–H groups in total. The minimum atomic E-state index is -0.883. The lowest BCUT2D eigenvalue weighted by Gasteiger charge is -2.34. The number of benzene rings is 2. The number of para-hydroxylation sites is 1. The van der Waals surface area contributed by atoms with Crippen molar-refractivity contribution in [1.82, 2.24) is 10.2 Å². The van der Waals surface area contributed by atoms with Gasteiger partial charge in [0.2, 0.25) is 5.91 Å². The van der Waals surface area contributed by atoms with Crippen molar-refractivity contribution in [1.29, 1.82) is 0 Å². The first-order valence-electron chi connectivity index (χ1n) is 11.7. The van der Waals surface area contributed by atoms with Crippen molar-refractivity contribution in [2.45, 2.75) is 38.6 Å². The topological polar surface area (TPSA) is 94.2 Å². The van der Waals surface area contributed by atoms with Gasteiger partial charge in [0.1, 0.15) is 30.8 Å². The Kier molecular flexibility index (Phi) is 9.76. The third kappa shape index (κ3) is 7.50. The molecule has 1 heterocycles. The zero-order valence-corrected chi connectivity index (χ0v) is 19.5. The minimum absolute atomic E-state index is 0.160. The molecule has 34 heavy (non-hydrogen) atoms. The van der Waals surface area contributed by atoms with Crippen LogP contribution in [0.5, 0.6) is 11.5 Å². The number of hydrogen-bond acceptors (Lipinski definition) is 6. The number of ether oxygens (including phenoxy) is 3. The predicted molar refractivity (Wildman–Crippen MR) is 127 cm³/mol. The van der Waals surface area contributed by atoms with Crippen LogP contribution in [0.1, 0.15) is 43.0 Å². The maximum absolute atomic E-state index is 13.1. The van der Waals surface area contributed by atoms with Gasteiger partial charge in [-0.15, -0.1) is 0 Å². The molecule has 2 amide bonds. The largest absolute Gasteiger partial charge is 0.490 e. The van der Waals surface area contributed by atoms with Gasteiger partial charge in [-0.1, -0.05) is 38.0 Å². The number of piperazine rings is 1. The molecule has 1 aliphatic rings. The first-order chi connectivity index (χ1) is 16.6. The van der Waals surface area contributed by atoms with Gasteiger partial charge in [-0.3, -0.25) is 14.4 Å². The lowest BCUT2D eigenvalue weighted by molar-refractivity contribution is -0.147. The number of hydrogen-bond donors (Lipinski definition) is 1. The molecule has 0 spiro atoms. The van der Waals surface area contributed by atoms with Crippen LogP contribution in [0.25, 0.3) is 0 Å². The van der Waals surface area contributed by atoms with Crippen molar-refractivity contribution in [2.24, 2.45) is 0 Å². The number of rotatable bonds is 12. The summed E-state index contributed by atoms with van der Waals surface area (Å²) in [5.41, 5.74) is 0.420. The number of unbranched alkanes of at least 4 members (excludes halogenated alkanes) is 2. The summed E-state index contributed by atoms with van der Waals surface area (Å²) in [7, 11) is 0. The third-order valence-electron chi connectivity index (χ3n) is 5.43. The molecule has 2 aromatic carbocycles. The highest BCUT2D eigenvalue weighted by molar-refractivity contribution is 5.99. The van der Waals surface area contributed by atoms with Crippen LogP contribution >= 0.6 is 0 Å². The minimum Gasteiger partial charge on any atom is -0.490 e. The van der Waals surface area contributed by atoms with Crippen LogP contribution in [-0.2, 0) is 14.3 Å². The Hall–Kier alpha value is -3.55. The second-order valence-corrected chi connectivity index (χ2v) is 7.97. The summed E-state index contributed by atoms with van der Waals surface area (Å²) in [4.78, 5) is 39.2. The normalized spacial score (nSPS) is 15.4. The molecule has 0 saturated carbocycles. The smallest absolute Gasteiger partial charge is 0.308 e. The zero-order chi connectivity index (χ0) is 24.2. The maximum Gasteiger partial charge on any atom is 0.308 e. The standard InChI is InChI=1S/C26H32N2O6/c1-2-3-7-16-34-24(29)19-23-25(30)27-14-15-28(23)26(31)20-10-12-22(13-11-20)33-18-17-32-21-8-5-4-6-9-21/h4-6,8-13,23H,2-3,7,14-19H2,1H3,(H,27,30). The van der Waals surface area contributed by atoms with Crippen molar-refractivity contribution >= 4 is 17.8 Å². The van der Waals surface area contributed by atoms with Gasteiger partial charge >= 0.3 is 5.97 Å². The molecule has 3 rings (SSSR count). The summed E-state index contributed by atoms with van der Waals surface area (Å²) in [6, 6.07) is 15.3. The van der Waals surface area contributed by atoms with Crippen LogP contribution in [0.2, 0.25) is 0 Å². The highest BCUT2D eigenvalue weighted by Crippen LogP contribution is 2.18. The maximum atomic E-state index is 13.1. The highest BCUT2D eigenvalue weighted by atomic mass is 16.5. The first kappa shape index (κ1) is 25.1. The Morgan fingerprint density at radius 2 is 1.62 bits per heavy atom. The number of nitrogens with one attached hydrogen (secondary N) is 1. The Morgan fingerprint density at radius 3 is 2.29 bits per heavy atom. The SMILES string of the molecule is CCCCCOC(=O)CC1C(=O)NCCN1C(=O)c1ccc(OCCOc2ccccc2)cc1. The van der Waals surface area contributed by atoms with Crippen LogP contribution in [-0.4, -0.2) is 61.6 Å². The van der Waals surface area contributed by atoms with E-state index in [2.05, 4.69) is 12.2 Å². The van der Waals surface area contributed by atoms with Crippen LogP contribution < -0.4 is 14.8 Å². The van der Waals surface area contributed by atoms with Crippen LogP contribution in [0.4, 0.5) is 0 Å². The molecule has 1 saturated heterocycles. The average molecular weight is 469 g/mol. The van der Waals surface area contributed by atoms with Crippen LogP contribution in [0.3, 0.4) is 0 Å². The van der Waals surface area contributed by atoms with E-state index in [0.29, 0.717) is 44.2 Å². The average Bonchev–Trinajstić information content (AvgIpc) is 2.86. The Balaban J connectivity index is 1.51. The molecule has 0 aromatic heterocycles. The first-order valence-corrected chi connectivity index (χ1v) is 11.7. The Morgan fingerprint density at radius 1 is 0.941 bits per heavy atom. The lowest BCUT2D eigenvalue weighted by Crippen LogP contribution is -2.57. The van der Waals surface area contributed by atoms with Crippen molar-refractivity contribution in [3.05, 3.63) is 60.2 Å². The second kappa shape index (κ2) is 13.2. The van der Waals surface area contributed by atoms with E-state index in [1.807, 2.05) is 30.3 Å². The van der Waals surface area contributed by atoms with Gasteiger partial charge in [-0.25, -0.2) is 0 Å². The van der Waals surface area contributed by atoms with Crippen LogP contribution in [0.15, 0.2) is 54.6 Å². The van der Waals surface area contributed by atoms with Crippen LogP contribution in [0, 0.1) is 0 Å². The fourth-order valence-electron chi connectivity index (χ4n) is 3.61. The molecule has 1 fully saturated rings. The summed E-state index contributed by atoms with van der Waals surface area (Å²) in [6.07, 6.45) is 2.62. The number of esters is 1. The quantitative estimate of drug-likeness (QED) is 0.380. The molecule has 1 aliphatic heterocycles. The van der Waals surface area contributed by atoms with E-state index in [0.717, 1.165) is 25.0 Å². The predicted octanol–water partition coefficient (Wildman–Crippen LogP) is 3.21. The molecule has 0 radical (unpaired) electrons. The molecule has 2 aromatic rings. The van der Waals surface area contributed by atoms with Crippen molar-refractivity contribution in [2.75, 3.05) is 32.9 Å². The molecule has 1 atom stereocenters. The summed E-state index contributed by atoms with van der Waals surface area (Å²) in [6.45, 7) is 3.81. The zero-order valence-electron chi connectivity index (χ0n) is 19.5. The van der Waals surface area contributed by atoms with E-state index in [9.17, 15) is 14.4 Å². The van der Waals surface area contributed by atoms with Gasteiger partial charge in [-0.05, 0) is 42.8 Å². The van der Waals surface area contributed by atoms with Crippen molar-refractivity contribution < 1.29 is 28.6 Å². The molecule has 8 heteroatoms. The Bertz CT molecular complexity index is 932. The van der Waals surface area contributed by atoms with Gasteiger partial charge < -0.3 is 24.4 Å². The van der Waals surface area contributed by atoms with Gasteiger partial charge in [0.05, 0.1) is 13.0 Å². The molecule has 0 aliphatic carbocycles. The number of nitrogens with zero attached hydrogens (tertiary/aromatic N) is 1. The summed E-state index contributed by atoms with van der Waals surface area (Å²) in [5, 5.41) is 2.73. The second-order valence-electron chi connectivity index (χ2n) is 7.97. The van der Waals surface area contributed by atoms with Gasteiger partial charge in [0.15, 0.2) is 0 Å². The molecule has 8 nitrogen and oxygen atoms in total. The highest BCUT2D eigenvalue weighted by Gasteiger charge is 2.35. The fourth-order valence-corrected chi connectivity index (χ4v) is 3.61. The van der Waals surface area contributed by atoms with E-state index in [1.54, 1.807) is 24.3 Å². The Labute approximate surface area is 200 Å². The monoisotopic (exact) mass is 468 g/mol. The number of carbonyl (C=O) groups excluding carboxylic acids is 3. The van der Waals surface area contributed by atoms with E-state index >= 15 is 0 Å². The van der Waals surface area contributed by atoms with E-state index in [1.165, 1.54) is 4.90 Å². The third-order valence-corrected chi connectivity index (χ3v) is 5.43. The fraction of sp³-hybridized carbons (Fsp3) is 0.423. The van der Waals surface area contributed by atoms with Crippen molar-refractivity contribution in [3.63, 3.8) is 0 Å². The summed E-state index contributed by atoms with van der Waals surface area (Å²) < 4.78 is 16.5. The van der Waals surface area contributed by atoms with E-state index in [-0.39, 0.29) is 18.2 Å².